The standard InChI is InChI=1S/C14H23NO/c1-4-5-9-16-10-8-15-14-11-12(2)6-7-13(14)3/h6-7,11,15H,4-5,8-10H2,1-3H3. The molecule has 1 rings (SSSR count). The van der Waals surface area contributed by atoms with Crippen LogP contribution < -0.4 is 5.32 Å². The van der Waals surface area contributed by atoms with Gasteiger partial charge in [0.05, 0.1) is 6.61 Å². The molecular weight excluding hydrogens is 198 g/mol. The molecular formula is C14H23NO. The molecule has 0 saturated carbocycles. The molecule has 0 aliphatic rings. The normalized spacial score (nSPS) is 10.4. The number of hydrogen-bond acceptors (Lipinski definition) is 2. The highest BCUT2D eigenvalue weighted by molar-refractivity contribution is 5.52. The summed E-state index contributed by atoms with van der Waals surface area (Å²) in [4.78, 5) is 0. The number of unbranched alkanes of at least 4 members (excludes halogenated alkanes) is 1. The van der Waals surface area contributed by atoms with Crippen LogP contribution >= 0.6 is 0 Å². The minimum absolute atomic E-state index is 0.785. The van der Waals surface area contributed by atoms with E-state index in [-0.39, 0.29) is 0 Å². The fourth-order valence-corrected chi connectivity index (χ4v) is 1.53. The van der Waals surface area contributed by atoms with E-state index in [9.17, 15) is 0 Å². The van der Waals surface area contributed by atoms with Gasteiger partial charge < -0.3 is 10.1 Å². The second-order valence-electron chi connectivity index (χ2n) is 4.21. The molecule has 0 aliphatic heterocycles. The van der Waals surface area contributed by atoms with Crippen molar-refractivity contribution in [1.29, 1.82) is 0 Å². The van der Waals surface area contributed by atoms with Gasteiger partial charge in [0.1, 0.15) is 0 Å². The second kappa shape index (κ2) is 7.29. The van der Waals surface area contributed by atoms with E-state index in [0.29, 0.717) is 0 Å². The minimum Gasteiger partial charge on any atom is -0.383 e. The molecule has 0 saturated heterocycles. The van der Waals surface area contributed by atoms with Crippen LogP contribution in [-0.4, -0.2) is 19.8 Å². The lowest BCUT2D eigenvalue weighted by atomic mass is 10.1. The first-order chi connectivity index (χ1) is 7.74. The van der Waals surface area contributed by atoms with Crippen LogP contribution in [0.25, 0.3) is 0 Å². The molecule has 16 heavy (non-hydrogen) atoms. The molecule has 0 radical (unpaired) electrons. The molecule has 1 N–H and O–H groups in total. The van der Waals surface area contributed by atoms with Gasteiger partial charge >= 0.3 is 0 Å². The van der Waals surface area contributed by atoms with Crippen molar-refractivity contribution in [2.75, 3.05) is 25.1 Å². The van der Waals surface area contributed by atoms with Crippen molar-refractivity contribution in [3.8, 4) is 0 Å². The van der Waals surface area contributed by atoms with Gasteiger partial charge in [-0.2, -0.15) is 0 Å². The molecule has 0 aliphatic carbocycles. The highest BCUT2D eigenvalue weighted by atomic mass is 16.5. The fourth-order valence-electron chi connectivity index (χ4n) is 1.53. The lowest BCUT2D eigenvalue weighted by Crippen LogP contribution is -2.10. The number of hydrogen-bond donors (Lipinski definition) is 1. The molecule has 0 unspecified atom stereocenters. The Balaban J connectivity index is 2.23. The Kier molecular flexibility index (Phi) is 5.94. The van der Waals surface area contributed by atoms with Gasteiger partial charge in [-0.15, -0.1) is 0 Å². The van der Waals surface area contributed by atoms with Gasteiger partial charge in [-0.05, 0) is 37.5 Å². The number of rotatable bonds is 7. The first-order valence-corrected chi connectivity index (χ1v) is 6.13. The number of aryl methyl sites for hydroxylation is 2. The van der Waals surface area contributed by atoms with Gasteiger partial charge in [0.25, 0.3) is 0 Å². The number of benzene rings is 1. The second-order valence-corrected chi connectivity index (χ2v) is 4.21. The topological polar surface area (TPSA) is 21.3 Å². The van der Waals surface area contributed by atoms with Crippen molar-refractivity contribution < 1.29 is 4.74 Å². The van der Waals surface area contributed by atoms with E-state index in [4.69, 9.17) is 4.74 Å². The number of ether oxygens (including phenoxy) is 1. The van der Waals surface area contributed by atoms with Crippen molar-refractivity contribution in [1.82, 2.24) is 0 Å². The van der Waals surface area contributed by atoms with Crippen LogP contribution in [0.2, 0.25) is 0 Å². The fraction of sp³-hybridized carbons (Fsp3) is 0.571. The van der Waals surface area contributed by atoms with Crippen LogP contribution in [-0.2, 0) is 4.74 Å². The summed E-state index contributed by atoms with van der Waals surface area (Å²) < 4.78 is 5.50. The Labute approximate surface area is 99.0 Å². The average Bonchev–Trinajstić information content (AvgIpc) is 2.28. The van der Waals surface area contributed by atoms with E-state index >= 15 is 0 Å². The molecule has 0 bridgehead atoms. The summed E-state index contributed by atoms with van der Waals surface area (Å²) in [7, 11) is 0. The maximum atomic E-state index is 5.50. The van der Waals surface area contributed by atoms with Gasteiger partial charge in [0, 0.05) is 18.8 Å². The molecule has 90 valence electrons. The van der Waals surface area contributed by atoms with Crippen molar-refractivity contribution >= 4 is 5.69 Å². The quantitative estimate of drug-likeness (QED) is 0.711. The summed E-state index contributed by atoms with van der Waals surface area (Å²) in [5.74, 6) is 0. The number of anilines is 1. The third kappa shape index (κ3) is 4.67. The molecule has 0 amide bonds. The van der Waals surface area contributed by atoms with E-state index in [0.717, 1.165) is 26.2 Å². The van der Waals surface area contributed by atoms with Crippen molar-refractivity contribution in [2.45, 2.75) is 33.6 Å². The highest BCUT2D eigenvalue weighted by Crippen LogP contribution is 2.15. The molecule has 2 nitrogen and oxygen atoms in total. The van der Waals surface area contributed by atoms with Crippen molar-refractivity contribution in [3.63, 3.8) is 0 Å². The zero-order valence-electron chi connectivity index (χ0n) is 10.7. The molecule has 0 fully saturated rings. The van der Waals surface area contributed by atoms with Crippen LogP contribution in [0.4, 0.5) is 5.69 Å². The monoisotopic (exact) mass is 221 g/mol. The van der Waals surface area contributed by atoms with Gasteiger partial charge in [0.15, 0.2) is 0 Å². The largest absolute Gasteiger partial charge is 0.383 e. The predicted octanol–water partition coefficient (Wildman–Crippen LogP) is 3.53. The van der Waals surface area contributed by atoms with Crippen LogP contribution in [0, 0.1) is 13.8 Å². The third-order valence-corrected chi connectivity index (χ3v) is 2.60. The zero-order valence-corrected chi connectivity index (χ0v) is 10.7. The maximum Gasteiger partial charge on any atom is 0.0639 e. The molecule has 0 spiro atoms. The molecule has 1 aromatic rings. The minimum atomic E-state index is 0.785. The summed E-state index contributed by atoms with van der Waals surface area (Å²) in [6.45, 7) is 8.96. The zero-order chi connectivity index (χ0) is 11.8. The van der Waals surface area contributed by atoms with Crippen LogP contribution in [0.1, 0.15) is 30.9 Å². The van der Waals surface area contributed by atoms with Crippen LogP contribution in [0.15, 0.2) is 18.2 Å². The predicted molar refractivity (Wildman–Crippen MR) is 70.1 cm³/mol. The summed E-state index contributed by atoms with van der Waals surface area (Å²) in [5, 5.41) is 3.41. The van der Waals surface area contributed by atoms with E-state index in [1.165, 1.54) is 23.2 Å². The molecule has 2 heteroatoms. The smallest absolute Gasteiger partial charge is 0.0639 e. The van der Waals surface area contributed by atoms with E-state index in [1.807, 2.05) is 0 Å². The SMILES string of the molecule is CCCCOCCNc1cc(C)ccc1C. The van der Waals surface area contributed by atoms with Gasteiger partial charge in [-0.1, -0.05) is 25.5 Å². The first kappa shape index (κ1) is 13.0. The Morgan fingerprint density at radius 2 is 2.00 bits per heavy atom. The number of nitrogens with one attached hydrogen (secondary N) is 1. The van der Waals surface area contributed by atoms with Crippen LogP contribution in [0.5, 0.6) is 0 Å². The van der Waals surface area contributed by atoms with E-state index < -0.39 is 0 Å². The lowest BCUT2D eigenvalue weighted by molar-refractivity contribution is 0.141. The van der Waals surface area contributed by atoms with Crippen LogP contribution in [0.3, 0.4) is 0 Å². The van der Waals surface area contributed by atoms with Gasteiger partial charge in [0.2, 0.25) is 0 Å². The Morgan fingerprint density at radius 1 is 1.19 bits per heavy atom. The Bertz CT molecular complexity index is 310. The molecule has 0 atom stereocenters. The average molecular weight is 221 g/mol. The summed E-state index contributed by atoms with van der Waals surface area (Å²) in [6.07, 6.45) is 2.36. The Hall–Kier alpha value is -1.02. The summed E-state index contributed by atoms with van der Waals surface area (Å²) in [6, 6.07) is 6.47. The Morgan fingerprint density at radius 3 is 2.75 bits per heavy atom. The van der Waals surface area contributed by atoms with Crippen molar-refractivity contribution in [2.24, 2.45) is 0 Å². The lowest BCUT2D eigenvalue weighted by Gasteiger charge is -2.10. The first-order valence-electron chi connectivity index (χ1n) is 6.13. The molecule has 0 heterocycles. The maximum absolute atomic E-state index is 5.50. The highest BCUT2D eigenvalue weighted by Gasteiger charge is 1.97. The van der Waals surface area contributed by atoms with Gasteiger partial charge in [-0.3, -0.25) is 0 Å². The van der Waals surface area contributed by atoms with Crippen molar-refractivity contribution in [3.05, 3.63) is 29.3 Å². The van der Waals surface area contributed by atoms with Gasteiger partial charge in [-0.25, -0.2) is 0 Å². The summed E-state index contributed by atoms with van der Waals surface area (Å²) >= 11 is 0. The molecule has 0 aromatic heterocycles. The third-order valence-electron chi connectivity index (χ3n) is 2.60. The van der Waals surface area contributed by atoms with E-state index in [1.54, 1.807) is 0 Å². The van der Waals surface area contributed by atoms with E-state index in [2.05, 4.69) is 44.3 Å². The molecule has 1 aromatic carbocycles. The summed E-state index contributed by atoms with van der Waals surface area (Å²) in [5.41, 5.74) is 3.80.